The number of nitrogens with one attached hydrogen (secondary N) is 2. The van der Waals surface area contributed by atoms with Crippen LogP contribution >= 0.6 is 0 Å². The van der Waals surface area contributed by atoms with E-state index in [-0.39, 0.29) is 22.5 Å². The van der Waals surface area contributed by atoms with Gasteiger partial charge in [-0.25, -0.2) is 8.42 Å². The number of amides is 1. The smallest absolute Gasteiger partial charge is 0.262 e. The molecule has 3 aromatic carbocycles. The first-order valence-corrected chi connectivity index (χ1v) is 11.9. The lowest BCUT2D eigenvalue weighted by atomic mass is 10.1. The lowest BCUT2D eigenvalue weighted by Gasteiger charge is -2.13. The van der Waals surface area contributed by atoms with Crippen LogP contribution in [0.15, 0.2) is 71.6 Å². The van der Waals surface area contributed by atoms with Gasteiger partial charge in [-0.3, -0.25) is 9.52 Å². The number of ether oxygens (including phenoxy) is 1. The zero-order valence-corrected chi connectivity index (χ0v) is 19.5. The van der Waals surface area contributed by atoms with Crippen LogP contribution in [0.1, 0.15) is 40.9 Å². The van der Waals surface area contributed by atoms with Crippen molar-refractivity contribution in [3.05, 3.63) is 89.0 Å². The first kappa shape index (κ1) is 23.3. The van der Waals surface area contributed by atoms with Gasteiger partial charge in [-0.05, 0) is 75.2 Å². The van der Waals surface area contributed by atoms with Gasteiger partial charge in [0.2, 0.25) is 0 Å². The first-order valence-electron chi connectivity index (χ1n) is 10.4. The molecule has 0 bridgehead atoms. The molecule has 0 radical (unpaired) electrons. The molecule has 0 aliphatic carbocycles. The lowest BCUT2D eigenvalue weighted by molar-refractivity contribution is 0.0950. The molecular formula is C25H28N2O4S. The summed E-state index contributed by atoms with van der Waals surface area (Å²) in [6.07, 6.45) is 0.0908. The van der Waals surface area contributed by atoms with Crippen molar-refractivity contribution in [1.82, 2.24) is 5.32 Å². The SMILES string of the molecule is Cc1ccc(NS(=O)(=O)c2cc(C(=O)NCc3ccc(OC(C)C)cc3)ccc2C)cc1. The summed E-state index contributed by atoms with van der Waals surface area (Å²) in [5.41, 5.74) is 3.25. The number of rotatable bonds is 8. The van der Waals surface area contributed by atoms with Gasteiger partial charge in [-0.2, -0.15) is 0 Å². The van der Waals surface area contributed by atoms with Crippen LogP contribution in [0, 0.1) is 13.8 Å². The second kappa shape index (κ2) is 9.87. The third-order valence-electron chi connectivity index (χ3n) is 4.79. The average Bonchev–Trinajstić information content (AvgIpc) is 2.74. The molecule has 1 amide bonds. The molecule has 3 aromatic rings. The maximum absolute atomic E-state index is 12.9. The molecular weight excluding hydrogens is 424 g/mol. The summed E-state index contributed by atoms with van der Waals surface area (Å²) in [6, 6.07) is 19.2. The minimum Gasteiger partial charge on any atom is -0.491 e. The highest BCUT2D eigenvalue weighted by molar-refractivity contribution is 7.92. The van der Waals surface area contributed by atoms with Crippen LogP contribution in [0.5, 0.6) is 5.75 Å². The van der Waals surface area contributed by atoms with Crippen LogP contribution in [0.4, 0.5) is 5.69 Å². The van der Waals surface area contributed by atoms with Gasteiger partial charge in [0.25, 0.3) is 15.9 Å². The van der Waals surface area contributed by atoms with E-state index in [1.54, 1.807) is 31.2 Å². The summed E-state index contributed by atoms with van der Waals surface area (Å²) in [7, 11) is -3.84. The quantitative estimate of drug-likeness (QED) is 0.513. The van der Waals surface area contributed by atoms with E-state index in [4.69, 9.17) is 4.74 Å². The molecule has 0 atom stereocenters. The molecule has 32 heavy (non-hydrogen) atoms. The molecule has 0 saturated heterocycles. The minimum atomic E-state index is -3.84. The van der Waals surface area contributed by atoms with Crippen LogP contribution in [-0.2, 0) is 16.6 Å². The fourth-order valence-electron chi connectivity index (χ4n) is 3.11. The topological polar surface area (TPSA) is 84.5 Å². The second-order valence-electron chi connectivity index (χ2n) is 7.95. The fourth-order valence-corrected chi connectivity index (χ4v) is 4.44. The number of hydrogen-bond acceptors (Lipinski definition) is 4. The molecule has 0 spiro atoms. The molecule has 7 heteroatoms. The Hall–Kier alpha value is -3.32. The van der Waals surface area contributed by atoms with Crippen molar-refractivity contribution in [1.29, 1.82) is 0 Å². The Bertz CT molecular complexity index is 1190. The van der Waals surface area contributed by atoms with Gasteiger partial charge in [-0.1, -0.05) is 35.9 Å². The number of sulfonamides is 1. The maximum Gasteiger partial charge on any atom is 0.262 e. The molecule has 0 aliphatic heterocycles. The summed E-state index contributed by atoms with van der Waals surface area (Å²) in [5.74, 6) is 0.420. The Balaban J connectivity index is 1.71. The van der Waals surface area contributed by atoms with E-state index in [0.717, 1.165) is 16.9 Å². The standard InChI is InChI=1S/C25H28N2O4S/c1-17(2)31-23-13-8-20(9-14-23)16-26-25(28)21-10-7-19(4)24(15-21)32(29,30)27-22-11-5-18(3)6-12-22/h5-15,17,27H,16H2,1-4H3,(H,26,28). The Morgan fingerprint density at radius 1 is 0.938 bits per heavy atom. The van der Waals surface area contributed by atoms with Crippen LogP contribution < -0.4 is 14.8 Å². The molecule has 0 heterocycles. The van der Waals surface area contributed by atoms with Crippen LogP contribution in [0.2, 0.25) is 0 Å². The summed E-state index contributed by atoms with van der Waals surface area (Å²) < 4.78 is 34.0. The average molecular weight is 453 g/mol. The van der Waals surface area contributed by atoms with Gasteiger partial charge in [-0.15, -0.1) is 0 Å². The zero-order valence-electron chi connectivity index (χ0n) is 18.7. The van der Waals surface area contributed by atoms with Gasteiger partial charge in [0.05, 0.1) is 11.0 Å². The van der Waals surface area contributed by atoms with Crippen LogP contribution in [-0.4, -0.2) is 20.4 Å². The summed E-state index contributed by atoms with van der Waals surface area (Å²) >= 11 is 0. The Labute approximate surface area is 189 Å². The van der Waals surface area contributed by atoms with E-state index in [0.29, 0.717) is 17.8 Å². The van der Waals surface area contributed by atoms with Crippen molar-refractivity contribution in [3.63, 3.8) is 0 Å². The van der Waals surface area contributed by atoms with E-state index in [9.17, 15) is 13.2 Å². The molecule has 168 valence electrons. The maximum atomic E-state index is 12.9. The minimum absolute atomic E-state index is 0.0703. The molecule has 0 aromatic heterocycles. The Morgan fingerprint density at radius 2 is 1.59 bits per heavy atom. The van der Waals surface area contributed by atoms with E-state index >= 15 is 0 Å². The van der Waals surface area contributed by atoms with Crippen molar-refractivity contribution in [2.45, 2.75) is 45.2 Å². The van der Waals surface area contributed by atoms with Crippen molar-refractivity contribution < 1.29 is 17.9 Å². The Kier molecular flexibility index (Phi) is 7.20. The highest BCUT2D eigenvalue weighted by Crippen LogP contribution is 2.21. The highest BCUT2D eigenvalue weighted by Gasteiger charge is 2.19. The number of carbonyl (C=O) groups excluding carboxylic acids is 1. The second-order valence-corrected chi connectivity index (χ2v) is 9.60. The first-order chi connectivity index (χ1) is 15.1. The predicted molar refractivity (Wildman–Crippen MR) is 127 cm³/mol. The van der Waals surface area contributed by atoms with E-state index < -0.39 is 10.0 Å². The van der Waals surface area contributed by atoms with Crippen molar-refractivity contribution in [3.8, 4) is 5.75 Å². The van der Waals surface area contributed by atoms with Crippen molar-refractivity contribution >= 4 is 21.6 Å². The van der Waals surface area contributed by atoms with Crippen LogP contribution in [0.3, 0.4) is 0 Å². The number of benzene rings is 3. The number of carbonyl (C=O) groups is 1. The van der Waals surface area contributed by atoms with Gasteiger partial charge in [0, 0.05) is 17.8 Å². The molecule has 6 nitrogen and oxygen atoms in total. The number of anilines is 1. The number of aryl methyl sites for hydroxylation is 2. The molecule has 0 unspecified atom stereocenters. The van der Waals surface area contributed by atoms with Crippen LogP contribution in [0.25, 0.3) is 0 Å². The van der Waals surface area contributed by atoms with Crippen molar-refractivity contribution in [2.75, 3.05) is 4.72 Å². The van der Waals surface area contributed by atoms with Crippen molar-refractivity contribution in [2.24, 2.45) is 0 Å². The largest absolute Gasteiger partial charge is 0.491 e. The number of hydrogen-bond donors (Lipinski definition) is 2. The molecule has 0 fully saturated rings. The fraction of sp³-hybridized carbons (Fsp3) is 0.240. The van der Waals surface area contributed by atoms with Gasteiger partial charge >= 0.3 is 0 Å². The van der Waals surface area contributed by atoms with E-state index in [2.05, 4.69) is 10.0 Å². The van der Waals surface area contributed by atoms with E-state index in [1.807, 2.05) is 57.2 Å². The third-order valence-corrected chi connectivity index (χ3v) is 6.32. The summed E-state index contributed by atoms with van der Waals surface area (Å²) in [5, 5.41) is 2.83. The molecule has 0 aliphatic rings. The van der Waals surface area contributed by atoms with Gasteiger partial charge < -0.3 is 10.1 Å². The van der Waals surface area contributed by atoms with E-state index in [1.165, 1.54) is 6.07 Å². The normalized spacial score (nSPS) is 11.3. The molecule has 0 saturated carbocycles. The summed E-state index contributed by atoms with van der Waals surface area (Å²) in [6.45, 7) is 7.86. The lowest BCUT2D eigenvalue weighted by Crippen LogP contribution is -2.23. The third kappa shape index (κ3) is 6.11. The van der Waals surface area contributed by atoms with Gasteiger partial charge in [0.1, 0.15) is 5.75 Å². The highest BCUT2D eigenvalue weighted by atomic mass is 32.2. The summed E-state index contributed by atoms with van der Waals surface area (Å²) in [4.78, 5) is 12.7. The molecule has 3 rings (SSSR count). The molecule has 2 N–H and O–H groups in total. The van der Waals surface area contributed by atoms with Gasteiger partial charge in [0.15, 0.2) is 0 Å². The Morgan fingerprint density at radius 3 is 2.22 bits per heavy atom. The zero-order chi connectivity index (χ0) is 23.3. The predicted octanol–water partition coefficient (Wildman–Crippen LogP) is 4.82. The monoisotopic (exact) mass is 452 g/mol.